The minimum atomic E-state index is -0.417. The fourth-order valence-electron chi connectivity index (χ4n) is 21.4. The molecule has 13 aromatic carbocycles. The molecule has 22 rings (SSSR count). The van der Waals surface area contributed by atoms with Crippen molar-refractivity contribution in [2.45, 2.75) is 150 Å². The van der Waals surface area contributed by atoms with E-state index in [9.17, 15) is 0 Å². The Hall–Kier alpha value is -13.8. The van der Waals surface area contributed by atoms with Crippen molar-refractivity contribution in [2.24, 2.45) is 17.8 Å². The summed E-state index contributed by atoms with van der Waals surface area (Å²) in [6, 6.07) is 94.6. The van der Waals surface area contributed by atoms with Crippen LogP contribution in [0.3, 0.4) is 0 Å². The first-order valence-electron chi connectivity index (χ1n) is 47.1. The van der Waals surface area contributed by atoms with Crippen molar-refractivity contribution in [2.75, 3.05) is 69.2 Å². The van der Waals surface area contributed by atoms with E-state index in [-0.39, 0.29) is 10.8 Å². The molecule has 0 aromatic heterocycles. The normalized spacial score (nSPS) is 17.3. The van der Waals surface area contributed by atoms with Gasteiger partial charge in [-0.2, -0.15) is 22.9 Å². The lowest BCUT2D eigenvalue weighted by Crippen LogP contribution is -2.48. The molecule has 4 saturated carbocycles. The number of methoxy groups -OCH3 is 5. The van der Waals surface area contributed by atoms with Crippen molar-refractivity contribution in [3.05, 3.63) is 373 Å². The molecule has 4 aliphatic carbocycles. The first kappa shape index (κ1) is 92.1. The Bertz CT molecular complexity index is 6590. The third kappa shape index (κ3) is 19.0. The van der Waals surface area contributed by atoms with Crippen LogP contribution in [0.2, 0.25) is 0 Å². The average Bonchev–Trinajstić information content (AvgIpc) is 0.729. The predicted octanol–water partition coefficient (Wildman–Crippen LogP) is 25.7. The van der Waals surface area contributed by atoms with E-state index in [2.05, 4.69) is 367 Å². The van der Waals surface area contributed by atoms with Gasteiger partial charge >= 0.3 is 0 Å². The number of benzene rings is 13. The number of rotatable bonds is 18. The first-order chi connectivity index (χ1) is 64.9. The minimum Gasteiger partial charge on any atom is -0.497 e. The van der Waals surface area contributed by atoms with Gasteiger partial charge in [0.15, 0.2) is 31.1 Å². The van der Waals surface area contributed by atoms with Gasteiger partial charge in [0, 0.05) is 91.2 Å². The largest absolute Gasteiger partial charge is 0.497 e. The van der Waals surface area contributed by atoms with Gasteiger partial charge in [-0.3, -0.25) is 0 Å². The first-order valence-corrected chi connectivity index (χ1v) is 47.1. The van der Waals surface area contributed by atoms with Gasteiger partial charge in [0.1, 0.15) is 57.5 Å². The Kier molecular flexibility index (Phi) is 27.2. The maximum atomic E-state index is 6.50. The summed E-state index contributed by atoms with van der Waals surface area (Å²) < 4.78 is 70.3. The zero-order valence-electron chi connectivity index (χ0n) is 80.9. The Balaban J connectivity index is 0.000000118. The van der Waals surface area contributed by atoms with E-state index < -0.39 is 5.41 Å². The fraction of sp³-hybridized carbons (Fsp3) is 0.303. The Morgan fingerprint density at radius 1 is 0.291 bits per heavy atom. The quantitative estimate of drug-likeness (QED) is 0.0609. The molecule has 0 saturated heterocycles. The molecule has 15 heteroatoms. The van der Waals surface area contributed by atoms with Gasteiger partial charge in [0.05, 0.1) is 63.4 Å². The summed E-state index contributed by atoms with van der Waals surface area (Å²) in [4.78, 5) is 0. The van der Waals surface area contributed by atoms with Crippen molar-refractivity contribution in [3.63, 3.8) is 0 Å². The van der Waals surface area contributed by atoms with E-state index in [0.717, 1.165) is 138 Å². The smallest absolute Gasteiger partial charge is 0.292 e. The molecule has 0 atom stereocenters. The molecule has 0 unspecified atom stereocenters. The molecule has 0 radical (unpaired) electrons. The number of ether oxygens (including phenoxy) is 10. The van der Waals surface area contributed by atoms with Gasteiger partial charge in [0.25, 0.3) is 33.7 Å². The zero-order chi connectivity index (χ0) is 93.6. The van der Waals surface area contributed by atoms with Gasteiger partial charge in [-0.1, -0.05) is 217 Å². The summed E-state index contributed by atoms with van der Waals surface area (Å²) in [5, 5.41) is 0. The highest BCUT2D eigenvalue weighted by Gasteiger charge is 2.54. The molecule has 0 amide bonds. The minimum absolute atomic E-state index is 0.0390. The second-order valence-corrected chi connectivity index (χ2v) is 38.3. The Labute approximate surface area is 792 Å². The van der Waals surface area contributed by atoms with Crippen molar-refractivity contribution in [1.82, 2.24) is 0 Å². The number of aryl methyl sites for hydroxylation is 6. The third-order valence-corrected chi connectivity index (χ3v) is 28.8. The number of nitrogens with zero attached hydrogens (tertiary/aromatic N) is 5. The third-order valence-electron chi connectivity index (χ3n) is 28.8. The van der Waals surface area contributed by atoms with Crippen molar-refractivity contribution in [3.8, 4) is 57.5 Å². The van der Waals surface area contributed by atoms with Gasteiger partial charge in [-0.25, -0.2) is 0 Å². The van der Waals surface area contributed by atoms with E-state index >= 15 is 0 Å². The van der Waals surface area contributed by atoms with Gasteiger partial charge < -0.3 is 47.4 Å². The van der Waals surface area contributed by atoms with Crippen LogP contribution < -0.4 is 47.4 Å². The van der Waals surface area contributed by atoms with Crippen LogP contribution in [0.15, 0.2) is 273 Å². The summed E-state index contributed by atoms with van der Waals surface area (Å²) in [5.74, 6) is 11.9. The molecular weight excluding hydrogens is 1660 g/mol. The molecule has 684 valence electrons. The van der Waals surface area contributed by atoms with Crippen LogP contribution >= 0.6 is 0 Å². The second kappa shape index (κ2) is 39.6. The van der Waals surface area contributed by atoms with Crippen LogP contribution in [0.25, 0.3) is 0 Å². The van der Waals surface area contributed by atoms with Crippen LogP contribution in [0, 0.1) is 59.3 Å². The number of hydrogen-bond acceptors (Lipinski definition) is 10. The number of hydrogen-bond donors (Lipinski definition) is 0. The van der Waals surface area contributed by atoms with Crippen LogP contribution in [0.4, 0.5) is 28.4 Å². The molecular formula is C119H128N5O10+5. The molecule has 4 fully saturated rings. The van der Waals surface area contributed by atoms with Gasteiger partial charge in [0.2, 0.25) is 28.4 Å². The standard InChI is InChI=1S/C30H28NO2.C26H30NO2.C25H26NO2.C21H26NO2.C17H18NO2/c1-22-12-10-11-17-28(22)31-20-23-18-26(32-3)19-27(29(23)33-21-31)30(2,24-13-6-4-7-14-24)25-15-8-5-9-16-25;1-17-5-3-4-6-24(17)27-15-21-10-22(28-2)11-23(25(21)29-16-27)26-12-18-7-19(13-26)9-20(8-18)14-26;1-18-10-8-9-13-23(18)26-16-19-14-21(27-4)15-22(24(19)28-17-26)25(2,3)20-11-6-5-7-12-20;1-6-21(3,4)18-12-17(23-5)11-16-13-22(14-24-20(16)18)19-10-8-7-9-15(19)2;1-12-6-4-5-7-16(12)18-10-14-9-15(19-3)8-13(2)17(14)20-11-18/h4-20H,21H2,1-3H3;3-6,10-11,15,18-20H,7-9,12-14,16H2,1-2H3;5-16H,17H2,1-4H3;7-13H,6,14H2,1-5H3;4-10H,11H2,1-3H3/q5*+1. The maximum Gasteiger partial charge on any atom is 0.292 e. The second-order valence-electron chi connectivity index (χ2n) is 38.3. The summed E-state index contributed by atoms with van der Waals surface area (Å²) in [7, 11) is 8.62. The van der Waals surface area contributed by atoms with Gasteiger partial charge in [-0.15, -0.1) is 0 Å². The van der Waals surface area contributed by atoms with Crippen molar-refractivity contribution >= 4 is 59.5 Å². The molecule has 13 aromatic rings. The molecule has 5 heterocycles. The Morgan fingerprint density at radius 2 is 0.560 bits per heavy atom. The van der Waals surface area contributed by atoms with E-state index in [4.69, 9.17) is 47.4 Å². The van der Waals surface area contributed by atoms with Crippen LogP contribution in [-0.4, -0.2) is 123 Å². The van der Waals surface area contributed by atoms with E-state index in [1.165, 1.54) is 111 Å². The summed E-state index contributed by atoms with van der Waals surface area (Å²) in [6.07, 6.45) is 20.3. The number of para-hydroxylation sites is 5. The lowest BCUT2D eigenvalue weighted by molar-refractivity contribution is -0.476. The topological polar surface area (TPSA) is 107 Å². The molecule has 134 heavy (non-hydrogen) atoms. The highest BCUT2D eigenvalue weighted by Crippen LogP contribution is 2.63. The molecule has 0 N–H and O–H groups in total. The molecule has 15 nitrogen and oxygen atoms in total. The van der Waals surface area contributed by atoms with Crippen molar-refractivity contribution < 1.29 is 70.2 Å². The maximum absolute atomic E-state index is 6.50. The van der Waals surface area contributed by atoms with Crippen molar-refractivity contribution in [1.29, 1.82) is 0 Å². The monoisotopic (exact) mass is 1790 g/mol. The number of fused-ring (bicyclic) bond motifs is 5. The average molecular weight is 1790 g/mol. The Morgan fingerprint density at radius 3 is 0.903 bits per heavy atom. The van der Waals surface area contributed by atoms with Crippen LogP contribution in [0.1, 0.15) is 187 Å². The van der Waals surface area contributed by atoms with Gasteiger partial charge in [-0.05, 0) is 205 Å². The lowest BCUT2D eigenvalue weighted by atomic mass is 9.48. The lowest BCUT2D eigenvalue weighted by Gasteiger charge is -2.57. The fourth-order valence-corrected chi connectivity index (χ4v) is 21.4. The van der Waals surface area contributed by atoms with Crippen LogP contribution in [0.5, 0.6) is 57.5 Å². The summed E-state index contributed by atoms with van der Waals surface area (Å²) in [5.41, 5.74) is 26.6. The predicted molar refractivity (Wildman–Crippen MR) is 539 cm³/mol. The summed E-state index contributed by atoms with van der Waals surface area (Å²) in [6.45, 7) is 28.7. The SMILES string of the molecule is CCC(C)(C)c1cc(OC)cc2c1OC[N+](c1ccccc1C)=C2.COc1cc(C)c2c(c1)C=[N+](c1ccccc1C)CO2.COc1cc2c(c(C(C)(C)c3ccccc3)c1)OC[N+](c1ccccc1C)=C2.COc1cc2c(c(C(C)(c3ccccc3)c3ccccc3)c1)OC[N+](c1ccccc1C)=C2.COc1cc2c(c(C34CC5CC(CC(C5)C3)C4)c1)OC[N+](c1ccccc1C)=C2. The molecule has 0 spiro atoms. The van der Waals surface area contributed by atoms with E-state index in [0.29, 0.717) is 39.1 Å². The van der Waals surface area contributed by atoms with Crippen LogP contribution in [-0.2, 0) is 21.7 Å². The highest BCUT2D eigenvalue weighted by atomic mass is 16.5. The molecule has 9 aliphatic rings. The molecule has 5 aliphatic heterocycles. The summed E-state index contributed by atoms with van der Waals surface area (Å²) >= 11 is 0. The molecule has 4 bridgehead atoms. The van der Waals surface area contributed by atoms with E-state index in [1.807, 2.05) is 43.3 Å². The zero-order valence-corrected chi connectivity index (χ0v) is 80.9. The highest BCUT2D eigenvalue weighted by molar-refractivity contribution is 5.88. The van der Waals surface area contributed by atoms with E-state index in [1.54, 1.807) is 35.5 Å².